The molecule has 17 heavy (non-hydrogen) atoms. The summed E-state index contributed by atoms with van der Waals surface area (Å²) < 4.78 is 42.8. The van der Waals surface area contributed by atoms with E-state index in [2.05, 4.69) is 0 Å². The summed E-state index contributed by atoms with van der Waals surface area (Å²) in [4.78, 5) is 10.9. The molecule has 0 fully saturated rings. The Bertz CT molecular complexity index is 427. The van der Waals surface area contributed by atoms with Crippen LogP contribution in [0.15, 0.2) is 18.2 Å². The monoisotopic (exact) mass is 247 g/mol. The van der Waals surface area contributed by atoms with Gasteiger partial charge in [0.1, 0.15) is 5.75 Å². The summed E-state index contributed by atoms with van der Waals surface area (Å²) in [6.07, 6.45) is -4.83. The molecular formula is C11H12F3NO2. The molecule has 0 atom stereocenters. The van der Waals surface area contributed by atoms with E-state index in [1.54, 1.807) is 13.8 Å². The minimum absolute atomic E-state index is 0.0244. The van der Waals surface area contributed by atoms with Crippen molar-refractivity contribution in [1.29, 1.82) is 0 Å². The highest BCUT2D eigenvalue weighted by Crippen LogP contribution is 2.32. The number of hydrogen-bond donors (Lipinski definition) is 1. The third kappa shape index (κ3) is 3.65. The maximum Gasteiger partial charge on any atom is 0.416 e. The zero-order chi connectivity index (χ0) is 13.2. The van der Waals surface area contributed by atoms with E-state index >= 15 is 0 Å². The fraction of sp³-hybridized carbons (Fsp3) is 0.364. The van der Waals surface area contributed by atoms with Crippen LogP contribution in [0.3, 0.4) is 0 Å². The smallest absolute Gasteiger partial charge is 0.416 e. The number of carbonyl (C=O) groups is 1. The first kappa shape index (κ1) is 13.3. The van der Waals surface area contributed by atoms with E-state index in [4.69, 9.17) is 10.5 Å². The largest absolute Gasteiger partial charge is 0.491 e. The topological polar surface area (TPSA) is 52.3 Å². The number of hydrogen-bond acceptors (Lipinski definition) is 2. The Morgan fingerprint density at radius 2 is 1.88 bits per heavy atom. The van der Waals surface area contributed by atoms with Crippen LogP contribution < -0.4 is 10.5 Å². The molecule has 0 aromatic heterocycles. The molecule has 2 N–H and O–H groups in total. The van der Waals surface area contributed by atoms with E-state index in [-0.39, 0.29) is 17.4 Å². The molecule has 0 aliphatic heterocycles. The average Bonchev–Trinajstić information content (AvgIpc) is 2.14. The van der Waals surface area contributed by atoms with Crippen molar-refractivity contribution in [2.45, 2.75) is 26.1 Å². The molecule has 0 bridgehead atoms. The molecule has 0 aliphatic rings. The molecular weight excluding hydrogens is 235 g/mol. The summed E-state index contributed by atoms with van der Waals surface area (Å²) in [6.45, 7) is 3.34. The second-order valence-electron chi connectivity index (χ2n) is 3.77. The molecule has 0 spiro atoms. The van der Waals surface area contributed by atoms with Gasteiger partial charge in [0.2, 0.25) is 5.91 Å². The van der Waals surface area contributed by atoms with Gasteiger partial charge in [-0.2, -0.15) is 13.2 Å². The number of nitrogens with two attached hydrogens (primary N) is 1. The van der Waals surface area contributed by atoms with Crippen molar-refractivity contribution < 1.29 is 22.7 Å². The highest BCUT2D eigenvalue weighted by Gasteiger charge is 2.32. The molecule has 3 nitrogen and oxygen atoms in total. The third-order valence-corrected chi connectivity index (χ3v) is 1.89. The minimum atomic E-state index is -4.54. The van der Waals surface area contributed by atoms with Crippen molar-refractivity contribution in [3.8, 4) is 5.75 Å². The second kappa shape index (κ2) is 4.65. The van der Waals surface area contributed by atoms with Gasteiger partial charge in [0.15, 0.2) is 0 Å². The normalized spacial score (nSPS) is 11.6. The summed E-state index contributed by atoms with van der Waals surface area (Å²) in [7, 11) is 0. The van der Waals surface area contributed by atoms with Crippen LogP contribution in [0.5, 0.6) is 5.75 Å². The van der Waals surface area contributed by atoms with Crippen molar-refractivity contribution in [3.63, 3.8) is 0 Å². The first-order valence-corrected chi connectivity index (χ1v) is 4.89. The van der Waals surface area contributed by atoms with Crippen molar-refractivity contribution in [1.82, 2.24) is 0 Å². The van der Waals surface area contributed by atoms with E-state index in [0.717, 1.165) is 6.07 Å². The number of ether oxygens (including phenoxy) is 1. The number of primary amides is 1. The van der Waals surface area contributed by atoms with E-state index in [1.807, 2.05) is 0 Å². The molecule has 0 saturated carbocycles. The fourth-order valence-electron chi connectivity index (χ4n) is 1.25. The van der Waals surface area contributed by atoms with Crippen LogP contribution in [0.1, 0.15) is 29.8 Å². The molecule has 0 saturated heterocycles. The molecule has 1 rings (SSSR count). The number of halogens is 3. The van der Waals surface area contributed by atoms with Crippen LogP contribution in [-0.4, -0.2) is 12.0 Å². The van der Waals surface area contributed by atoms with Gasteiger partial charge in [0, 0.05) is 5.56 Å². The molecule has 1 aromatic rings. The van der Waals surface area contributed by atoms with Gasteiger partial charge in [0.25, 0.3) is 0 Å². The van der Waals surface area contributed by atoms with Crippen LogP contribution in [0.4, 0.5) is 13.2 Å². The van der Waals surface area contributed by atoms with E-state index in [1.165, 1.54) is 6.07 Å². The summed E-state index contributed by atoms with van der Waals surface area (Å²) in [5.41, 5.74) is 3.78. The quantitative estimate of drug-likeness (QED) is 0.892. The Labute approximate surface area is 96.4 Å². The molecule has 1 aromatic carbocycles. The highest BCUT2D eigenvalue weighted by atomic mass is 19.4. The van der Waals surface area contributed by atoms with Crippen LogP contribution >= 0.6 is 0 Å². The Morgan fingerprint density at radius 1 is 1.29 bits per heavy atom. The molecule has 94 valence electrons. The zero-order valence-electron chi connectivity index (χ0n) is 9.34. The van der Waals surface area contributed by atoms with Crippen molar-refractivity contribution in [2.24, 2.45) is 5.73 Å². The Hall–Kier alpha value is -1.72. The van der Waals surface area contributed by atoms with Gasteiger partial charge in [-0.25, -0.2) is 0 Å². The summed E-state index contributed by atoms with van der Waals surface area (Å²) in [6, 6.07) is 2.74. The van der Waals surface area contributed by atoms with Gasteiger partial charge in [-0.1, -0.05) is 0 Å². The zero-order valence-corrected chi connectivity index (χ0v) is 9.34. The number of amides is 1. The van der Waals surface area contributed by atoms with Crippen LogP contribution in [0.2, 0.25) is 0 Å². The van der Waals surface area contributed by atoms with Gasteiger partial charge in [0.05, 0.1) is 11.7 Å². The Morgan fingerprint density at radius 3 is 2.29 bits per heavy atom. The predicted molar refractivity (Wildman–Crippen MR) is 55.7 cm³/mol. The van der Waals surface area contributed by atoms with E-state index in [0.29, 0.717) is 6.07 Å². The lowest BCUT2D eigenvalue weighted by Gasteiger charge is -2.14. The summed E-state index contributed by atoms with van der Waals surface area (Å²) in [5.74, 6) is -0.951. The Balaban J connectivity index is 3.24. The standard InChI is InChI=1S/C11H12F3NO2/c1-6(2)17-9-4-7(10(15)16)3-8(5-9)11(12,13)14/h3-6H,1-2H3,(H2,15,16). The molecule has 6 heteroatoms. The highest BCUT2D eigenvalue weighted by molar-refractivity contribution is 5.93. The number of alkyl halides is 3. The second-order valence-corrected chi connectivity index (χ2v) is 3.77. The van der Waals surface area contributed by atoms with Gasteiger partial charge in [-0.3, -0.25) is 4.79 Å². The Kier molecular flexibility index (Phi) is 3.65. The van der Waals surface area contributed by atoms with Crippen LogP contribution in [0.25, 0.3) is 0 Å². The maximum atomic E-state index is 12.5. The first-order chi connectivity index (χ1) is 7.70. The van der Waals surface area contributed by atoms with Gasteiger partial charge >= 0.3 is 6.18 Å². The van der Waals surface area contributed by atoms with E-state index < -0.39 is 17.6 Å². The maximum absolute atomic E-state index is 12.5. The van der Waals surface area contributed by atoms with Crippen molar-refractivity contribution >= 4 is 5.91 Å². The van der Waals surface area contributed by atoms with Crippen LogP contribution in [0, 0.1) is 0 Å². The minimum Gasteiger partial charge on any atom is -0.491 e. The lowest BCUT2D eigenvalue weighted by molar-refractivity contribution is -0.137. The van der Waals surface area contributed by atoms with Gasteiger partial charge < -0.3 is 10.5 Å². The average molecular weight is 247 g/mol. The number of rotatable bonds is 3. The van der Waals surface area contributed by atoms with Gasteiger partial charge in [-0.05, 0) is 32.0 Å². The lowest BCUT2D eigenvalue weighted by atomic mass is 10.1. The van der Waals surface area contributed by atoms with E-state index in [9.17, 15) is 18.0 Å². The lowest BCUT2D eigenvalue weighted by Crippen LogP contribution is -2.15. The number of carbonyl (C=O) groups excluding carboxylic acids is 1. The van der Waals surface area contributed by atoms with Crippen molar-refractivity contribution in [2.75, 3.05) is 0 Å². The molecule has 0 aliphatic carbocycles. The van der Waals surface area contributed by atoms with Crippen molar-refractivity contribution in [3.05, 3.63) is 29.3 Å². The number of benzene rings is 1. The third-order valence-electron chi connectivity index (χ3n) is 1.89. The first-order valence-electron chi connectivity index (χ1n) is 4.89. The van der Waals surface area contributed by atoms with Gasteiger partial charge in [-0.15, -0.1) is 0 Å². The fourth-order valence-corrected chi connectivity index (χ4v) is 1.25. The summed E-state index contributed by atoms with van der Waals surface area (Å²) >= 11 is 0. The molecule has 1 amide bonds. The SMILES string of the molecule is CC(C)Oc1cc(C(N)=O)cc(C(F)(F)F)c1. The predicted octanol–water partition coefficient (Wildman–Crippen LogP) is 2.59. The van der Waals surface area contributed by atoms with Crippen LogP contribution in [-0.2, 0) is 6.18 Å². The molecule has 0 unspecified atom stereocenters. The molecule has 0 heterocycles. The summed E-state index contributed by atoms with van der Waals surface area (Å²) in [5, 5.41) is 0. The molecule has 0 radical (unpaired) electrons.